The molecule has 0 amide bonds. The summed E-state index contributed by atoms with van der Waals surface area (Å²) >= 11 is 0. The number of ether oxygens (including phenoxy) is 3. The predicted molar refractivity (Wildman–Crippen MR) is 102 cm³/mol. The number of nitrogens with one attached hydrogen (secondary N) is 2. The lowest BCUT2D eigenvalue weighted by Gasteiger charge is -2.33. The zero-order chi connectivity index (χ0) is 16.6. The molecular formula is C19H31ClN2O3. The Hall–Kier alpha value is -0.850. The Balaban J connectivity index is 0.00000225. The highest BCUT2D eigenvalue weighted by atomic mass is 35.5. The summed E-state index contributed by atoms with van der Waals surface area (Å²) in [5, 5.41) is 7.39. The first-order valence-corrected chi connectivity index (χ1v) is 9.12. The molecule has 142 valence electrons. The van der Waals surface area contributed by atoms with Gasteiger partial charge in [0, 0.05) is 32.3 Å². The van der Waals surface area contributed by atoms with Crippen LogP contribution in [-0.2, 0) is 16.0 Å². The third-order valence-electron chi connectivity index (χ3n) is 5.06. The van der Waals surface area contributed by atoms with E-state index in [4.69, 9.17) is 14.2 Å². The second-order valence-corrected chi connectivity index (χ2v) is 6.71. The van der Waals surface area contributed by atoms with Gasteiger partial charge in [-0.25, -0.2) is 0 Å². The Bertz CT molecular complexity index is 497. The van der Waals surface area contributed by atoms with Gasteiger partial charge in [-0.1, -0.05) is 18.6 Å². The molecule has 0 radical (unpaired) electrons. The fourth-order valence-corrected chi connectivity index (χ4v) is 3.82. The molecule has 5 nitrogen and oxygen atoms in total. The van der Waals surface area contributed by atoms with Gasteiger partial charge in [-0.2, -0.15) is 0 Å². The average molecular weight is 371 g/mol. The van der Waals surface area contributed by atoms with Crippen molar-refractivity contribution in [2.24, 2.45) is 5.92 Å². The molecule has 0 bridgehead atoms. The van der Waals surface area contributed by atoms with Crippen molar-refractivity contribution in [3.63, 3.8) is 0 Å². The van der Waals surface area contributed by atoms with E-state index in [1.54, 1.807) is 7.11 Å². The molecule has 1 heterocycles. The van der Waals surface area contributed by atoms with Crippen molar-refractivity contribution < 1.29 is 14.2 Å². The molecule has 1 aliphatic heterocycles. The van der Waals surface area contributed by atoms with Crippen LogP contribution in [0.2, 0.25) is 0 Å². The van der Waals surface area contributed by atoms with Crippen LogP contribution in [0.4, 0.5) is 0 Å². The molecule has 1 aromatic carbocycles. The Kier molecular flexibility index (Phi) is 8.99. The van der Waals surface area contributed by atoms with Crippen molar-refractivity contribution in [1.29, 1.82) is 0 Å². The summed E-state index contributed by atoms with van der Waals surface area (Å²) in [6.45, 7) is 4.77. The van der Waals surface area contributed by atoms with Gasteiger partial charge in [0.25, 0.3) is 0 Å². The normalized spacial score (nSPS) is 26.2. The highest BCUT2D eigenvalue weighted by molar-refractivity contribution is 5.85. The van der Waals surface area contributed by atoms with Crippen LogP contribution in [-0.4, -0.2) is 52.2 Å². The molecule has 2 N–H and O–H groups in total. The molecule has 1 aliphatic carbocycles. The van der Waals surface area contributed by atoms with Gasteiger partial charge in [0.2, 0.25) is 0 Å². The van der Waals surface area contributed by atoms with Gasteiger partial charge in [-0.05, 0) is 36.5 Å². The minimum absolute atomic E-state index is 0. The molecule has 0 spiro atoms. The number of morpholine rings is 1. The van der Waals surface area contributed by atoms with E-state index in [-0.39, 0.29) is 12.4 Å². The smallest absolute Gasteiger partial charge is 0.119 e. The summed E-state index contributed by atoms with van der Waals surface area (Å²) in [5.41, 5.74) is 1.27. The number of hydrogen-bond donors (Lipinski definition) is 2. The van der Waals surface area contributed by atoms with Crippen molar-refractivity contribution in [2.45, 2.75) is 37.9 Å². The van der Waals surface area contributed by atoms with Crippen LogP contribution < -0.4 is 15.4 Å². The van der Waals surface area contributed by atoms with Gasteiger partial charge in [-0.15, -0.1) is 12.4 Å². The predicted octanol–water partition coefficient (Wildman–Crippen LogP) is 2.38. The lowest BCUT2D eigenvalue weighted by molar-refractivity contribution is 0.0524. The van der Waals surface area contributed by atoms with Crippen LogP contribution in [0, 0.1) is 5.92 Å². The highest BCUT2D eigenvalue weighted by Gasteiger charge is 2.34. The maximum atomic E-state index is 5.70. The van der Waals surface area contributed by atoms with Crippen molar-refractivity contribution in [3.05, 3.63) is 29.8 Å². The lowest BCUT2D eigenvalue weighted by Crippen LogP contribution is -2.50. The van der Waals surface area contributed by atoms with Gasteiger partial charge < -0.3 is 24.8 Å². The van der Waals surface area contributed by atoms with Gasteiger partial charge in [0.15, 0.2) is 0 Å². The van der Waals surface area contributed by atoms with E-state index in [2.05, 4.69) is 28.8 Å². The number of methoxy groups -OCH3 is 1. The zero-order valence-corrected chi connectivity index (χ0v) is 15.9. The molecule has 2 fully saturated rings. The van der Waals surface area contributed by atoms with Crippen LogP contribution in [0.1, 0.15) is 24.8 Å². The number of benzene rings is 1. The maximum Gasteiger partial charge on any atom is 0.119 e. The Morgan fingerprint density at radius 3 is 3.00 bits per heavy atom. The Morgan fingerprint density at radius 1 is 1.28 bits per heavy atom. The molecule has 1 saturated heterocycles. The Labute approximate surface area is 157 Å². The molecule has 25 heavy (non-hydrogen) atoms. The first kappa shape index (κ1) is 20.5. The van der Waals surface area contributed by atoms with Gasteiger partial charge in [0.1, 0.15) is 12.4 Å². The number of hydrogen-bond acceptors (Lipinski definition) is 5. The summed E-state index contributed by atoms with van der Waals surface area (Å²) in [6.07, 6.45) is 3.85. The first-order chi connectivity index (χ1) is 11.9. The first-order valence-electron chi connectivity index (χ1n) is 9.12. The summed E-state index contributed by atoms with van der Waals surface area (Å²) < 4.78 is 16.4. The maximum absolute atomic E-state index is 5.70. The van der Waals surface area contributed by atoms with Crippen molar-refractivity contribution in [2.75, 3.05) is 40.1 Å². The van der Waals surface area contributed by atoms with Crippen molar-refractivity contribution in [1.82, 2.24) is 10.6 Å². The van der Waals surface area contributed by atoms with Crippen LogP contribution in [0.3, 0.4) is 0 Å². The van der Waals surface area contributed by atoms with E-state index in [0.29, 0.717) is 31.2 Å². The van der Waals surface area contributed by atoms with Crippen LogP contribution in [0.5, 0.6) is 5.75 Å². The molecule has 3 atom stereocenters. The molecular weight excluding hydrogens is 340 g/mol. The quantitative estimate of drug-likeness (QED) is 0.688. The summed E-state index contributed by atoms with van der Waals surface area (Å²) in [7, 11) is 1.69. The van der Waals surface area contributed by atoms with E-state index >= 15 is 0 Å². The molecule has 1 aromatic rings. The van der Waals surface area contributed by atoms with Crippen LogP contribution in [0.25, 0.3) is 0 Å². The van der Waals surface area contributed by atoms with E-state index in [1.807, 2.05) is 6.07 Å². The van der Waals surface area contributed by atoms with Crippen LogP contribution in [0.15, 0.2) is 24.3 Å². The molecule has 0 aromatic heterocycles. The van der Waals surface area contributed by atoms with Gasteiger partial charge in [-0.3, -0.25) is 0 Å². The highest BCUT2D eigenvalue weighted by Crippen LogP contribution is 2.29. The molecule has 3 rings (SSSR count). The monoisotopic (exact) mass is 370 g/mol. The topological polar surface area (TPSA) is 51.8 Å². The second-order valence-electron chi connectivity index (χ2n) is 6.71. The molecule has 2 aliphatic rings. The van der Waals surface area contributed by atoms with Gasteiger partial charge >= 0.3 is 0 Å². The standard InChI is InChI=1S/C19H30N2O3.ClH/c1-22-10-11-24-16-5-2-4-15(12-16)13-21-18-7-3-6-17(18)19-14-23-9-8-20-19;/h2,4-5,12,17-21H,3,6-11,13-14H2,1H3;1H. The SMILES string of the molecule is COCCOc1cccc(CNC2CCCC2C2COCCN2)c1.Cl. The van der Waals surface area contributed by atoms with Crippen LogP contribution >= 0.6 is 12.4 Å². The van der Waals surface area contributed by atoms with E-state index < -0.39 is 0 Å². The average Bonchev–Trinajstić information content (AvgIpc) is 3.10. The molecule has 3 unspecified atom stereocenters. The number of halogens is 1. The largest absolute Gasteiger partial charge is 0.491 e. The number of rotatable bonds is 8. The van der Waals surface area contributed by atoms with E-state index in [1.165, 1.54) is 24.8 Å². The van der Waals surface area contributed by atoms with Gasteiger partial charge in [0.05, 0.1) is 19.8 Å². The minimum Gasteiger partial charge on any atom is -0.491 e. The van der Waals surface area contributed by atoms with E-state index in [9.17, 15) is 0 Å². The summed E-state index contributed by atoms with van der Waals surface area (Å²) in [4.78, 5) is 0. The second kappa shape index (κ2) is 11.0. The summed E-state index contributed by atoms with van der Waals surface area (Å²) in [5.74, 6) is 1.59. The fraction of sp³-hybridized carbons (Fsp3) is 0.684. The fourth-order valence-electron chi connectivity index (χ4n) is 3.82. The Morgan fingerprint density at radius 2 is 2.20 bits per heavy atom. The minimum atomic E-state index is 0. The third-order valence-corrected chi connectivity index (χ3v) is 5.06. The van der Waals surface area contributed by atoms with E-state index in [0.717, 1.165) is 32.1 Å². The molecule has 1 saturated carbocycles. The van der Waals surface area contributed by atoms with Crippen molar-refractivity contribution >= 4 is 12.4 Å². The lowest BCUT2D eigenvalue weighted by atomic mass is 9.94. The van der Waals surface area contributed by atoms with Crippen molar-refractivity contribution in [3.8, 4) is 5.75 Å². The molecule has 6 heteroatoms. The zero-order valence-electron chi connectivity index (χ0n) is 15.0. The third kappa shape index (κ3) is 6.12. The summed E-state index contributed by atoms with van der Waals surface area (Å²) in [6, 6.07) is 9.41.